The van der Waals surface area contributed by atoms with Gasteiger partial charge in [0.25, 0.3) is 0 Å². The second-order valence-corrected chi connectivity index (χ2v) is 5.97. The van der Waals surface area contributed by atoms with Crippen molar-refractivity contribution in [3.8, 4) is 10.7 Å². The van der Waals surface area contributed by atoms with E-state index in [9.17, 15) is 4.39 Å². The maximum atomic E-state index is 13.1. The number of nitrogens with zero attached hydrogens (tertiary/aromatic N) is 2. The molecule has 112 valence electrons. The van der Waals surface area contributed by atoms with Crippen molar-refractivity contribution in [1.29, 1.82) is 0 Å². The molecule has 0 bridgehead atoms. The molecule has 0 radical (unpaired) electrons. The number of para-hydroxylation sites is 1. The third-order valence-corrected chi connectivity index (χ3v) is 4.32. The number of rotatable bonds is 3. The van der Waals surface area contributed by atoms with Gasteiger partial charge in [-0.2, -0.15) is 0 Å². The molecule has 5 heteroatoms. The molecule has 0 spiro atoms. The first-order chi connectivity index (χ1) is 11.3. The summed E-state index contributed by atoms with van der Waals surface area (Å²) < 4.78 is 13.1. The average Bonchev–Trinajstić information content (AvgIpc) is 3.11. The SMILES string of the molecule is Fc1ccc(Nc2nc(-c3cccs3)nc3ccccc23)cc1. The number of anilines is 2. The lowest BCUT2D eigenvalue weighted by Crippen LogP contribution is -1.98. The summed E-state index contributed by atoms with van der Waals surface area (Å²) in [6.45, 7) is 0. The number of fused-ring (bicyclic) bond motifs is 1. The molecular formula is C18H12FN3S. The summed E-state index contributed by atoms with van der Waals surface area (Å²) in [7, 11) is 0. The summed E-state index contributed by atoms with van der Waals surface area (Å²) in [6, 6.07) is 18.0. The van der Waals surface area contributed by atoms with Gasteiger partial charge in [-0.15, -0.1) is 11.3 Å². The smallest absolute Gasteiger partial charge is 0.172 e. The predicted octanol–water partition coefficient (Wildman–Crippen LogP) is 5.24. The topological polar surface area (TPSA) is 37.8 Å². The lowest BCUT2D eigenvalue weighted by molar-refractivity contribution is 0.628. The Morgan fingerprint density at radius 1 is 0.870 bits per heavy atom. The lowest BCUT2D eigenvalue weighted by atomic mass is 10.2. The first-order valence-electron chi connectivity index (χ1n) is 7.13. The van der Waals surface area contributed by atoms with Crippen molar-refractivity contribution in [3.63, 3.8) is 0 Å². The molecule has 4 rings (SSSR count). The Morgan fingerprint density at radius 2 is 1.70 bits per heavy atom. The van der Waals surface area contributed by atoms with Crippen molar-refractivity contribution < 1.29 is 4.39 Å². The second-order valence-electron chi connectivity index (χ2n) is 5.02. The van der Waals surface area contributed by atoms with Crippen LogP contribution in [-0.2, 0) is 0 Å². The minimum Gasteiger partial charge on any atom is -0.340 e. The van der Waals surface area contributed by atoms with E-state index in [1.165, 1.54) is 12.1 Å². The van der Waals surface area contributed by atoms with Crippen molar-refractivity contribution >= 4 is 33.7 Å². The van der Waals surface area contributed by atoms with Gasteiger partial charge >= 0.3 is 0 Å². The van der Waals surface area contributed by atoms with Gasteiger partial charge in [0.1, 0.15) is 11.6 Å². The van der Waals surface area contributed by atoms with Crippen molar-refractivity contribution in [3.05, 3.63) is 71.9 Å². The average molecular weight is 321 g/mol. The van der Waals surface area contributed by atoms with Crippen LogP contribution in [0.2, 0.25) is 0 Å². The minimum absolute atomic E-state index is 0.262. The van der Waals surface area contributed by atoms with Crippen LogP contribution in [0.4, 0.5) is 15.9 Å². The zero-order chi connectivity index (χ0) is 15.6. The molecule has 2 aromatic carbocycles. The van der Waals surface area contributed by atoms with Crippen molar-refractivity contribution in [2.45, 2.75) is 0 Å². The summed E-state index contributed by atoms with van der Waals surface area (Å²) in [4.78, 5) is 10.3. The molecule has 3 nitrogen and oxygen atoms in total. The molecule has 1 N–H and O–H groups in total. The Bertz CT molecular complexity index is 950. The third-order valence-electron chi connectivity index (χ3n) is 3.45. The number of benzene rings is 2. The molecule has 0 aliphatic rings. The minimum atomic E-state index is -0.262. The quantitative estimate of drug-likeness (QED) is 0.560. The number of halogens is 1. The predicted molar refractivity (Wildman–Crippen MR) is 92.5 cm³/mol. The van der Waals surface area contributed by atoms with Crippen LogP contribution in [-0.4, -0.2) is 9.97 Å². The summed E-state index contributed by atoms with van der Waals surface area (Å²) in [5.74, 6) is 1.14. The van der Waals surface area contributed by atoms with Gasteiger partial charge in [-0.3, -0.25) is 0 Å². The van der Waals surface area contributed by atoms with E-state index < -0.39 is 0 Å². The fourth-order valence-electron chi connectivity index (χ4n) is 2.36. The highest BCUT2D eigenvalue weighted by Gasteiger charge is 2.10. The van der Waals surface area contributed by atoms with Crippen LogP contribution in [0.5, 0.6) is 0 Å². The molecule has 0 saturated heterocycles. The molecule has 0 aliphatic heterocycles. The standard InChI is InChI=1S/C18H12FN3S/c19-12-7-9-13(10-8-12)20-17-14-4-1-2-5-15(14)21-18(22-17)16-6-3-11-23-16/h1-11H,(H,20,21,22). The second kappa shape index (κ2) is 5.78. The highest BCUT2D eigenvalue weighted by atomic mass is 32.1. The van der Waals surface area contributed by atoms with Gasteiger partial charge in [0, 0.05) is 11.1 Å². The van der Waals surface area contributed by atoms with E-state index in [-0.39, 0.29) is 5.82 Å². The van der Waals surface area contributed by atoms with Crippen LogP contribution in [0, 0.1) is 5.82 Å². The molecule has 23 heavy (non-hydrogen) atoms. The Kier molecular flexibility index (Phi) is 3.48. The van der Waals surface area contributed by atoms with E-state index in [1.807, 2.05) is 41.8 Å². The largest absolute Gasteiger partial charge is 0.340 e. The Labute approximate surface area is 136 Å². The van der Waals surface area contributed by atoms with Crippen LogP contribution in [0.3, 0.4) is 0 Å². The third kappa shape index (κ3) is 2.78. The van der Waals surface area contributed by atoms with Gasteiger partial charge in [0.15, 0.2) is 5.82 Å². The summed E-state index contributed by atoms with van der Waals surface area (Å²) in [6.07, 6.45) is 0. The van der Waals surface area contributed by atoms with E-state index in [0.717, 1.165) is 21.5 Å². The highest BCUT2D eigenvalue weighted by Crippen LogP contribution is 2.29. The molecule has 0 saturated carbocycles. The molecule has 2 heterocycles. The summed E-state index contributed by atoms with van der Waals surface area (Å²) >= 11 is 1.60. The van der Waals surface area contributed by atoms with Crippen molar-refractivity contribution in [2.75, 3.05) is 5.32 Å². The van der Waals surface area contributed by atoms with Crippen LogP contribution in [0.15, 0.2) is 66.0 Å². The number of thiophene rings is 1. The van der Waals surface area contributed by atoms with Gasteiger partial charge < -0.3 is 5.32 Å². The highest BCUT2D eigenvalue weighted by molar-refractivity contribution is 7.13. The fraction of sp³-hybridized carbons (Fsp3) is 0. The molecule has 0 fully saturated rings. The molecule has 4 aromatic rings. The molecule has 0 unspecified atom stereocenters. The Balaban J connectivity index is 1.84. The first-order valence-corrected chi connectivity index (χ1v) is 8.01. The molecule has 0 atom stereocenters. The zero-order valence-electron chi connectivity index (χ0n) is 12.0. The van der Waals surface area contributed by atoms with Crippen molar-refractivity contribution in [1.82, 2.24) is 9.97 Å². The van der Waals surface area contributed by atoms with Gasteiger partial charge in [-0.25, -0.2) is 14.4 Å². The molecule has 0 amide bonds. The lowest BCUT2D eigenvalue weighted by Gasteiger charge is -2.10. The normalized spacial score (nSPS) is 10.8. The van der Waals surface area contributed by atoms with E-state index >= 15 is 0 Å². The van der Waals surface area contributed by atoms with E-state index in [4.69, 9.17) is 0 Å². The van der Waals surface area contributed by atoms with Gasteiger partial charge in [0.05, 0.1) is 10.4 Å². The molecular weight excluding hydrogens is 309 g/mol. The van der Waals surface area contributed by atoms with Crippen LogP contribution in [0.1, 0.15) is 0 Å². The van der Waals surface area contributed by atoms with Gasteiger partial charge in [0.2, 0.25) is 0 Å². The Morgan fingerprint density at radius 3 is 2.48 bits per heavy atom. The number of nitrogens with one attached hydrogen (secondary N) is 1. The van der Waals surface area contributed by atoms with E-state index in [2.05, 4.69) is 15.3 Å². The number of hydrogen-bond donors (Lipinski definition) is 1. The maximum Gasteiger partial charge on any atom is 0.172 e. The van der Waals surface area contributed by atoms with Crippen LogP contribution < -0.4 is 5.32 Å². The van der Waals surface area contributed by atoms with Crippen molar-refractivity contribution in [2.24, 2.45) is 0 Å². The number of aromatic nitrogens is 2. The maximum absolute atomic E-state index is 13.1. The van der Waals surface area contributed by atoms with Gasteiger partial charge in [-0.05, 0) is 47.8 Å². The monoisotopic (exact) mass is 321 g/mol. The van der Waals surface area contributed by atoms with Crippen LogP contribution >= 0.6 is 11.3 Å². The fourth-order valence-corrected chi connectivity index (χ4v) is 3.02. The molecule has 0 aliphatic carbocycles. The number of hydrogen-bond acceptors (Lipinski definition) is 4. The first kappa shape index (κ1) is 13.8. The summed E-state index contributed by atoms with van der Waals surface area (Å²) in [5, 5.41) is 6.19. The zero-order valence-corrected chi connectivity index (χ0v) is 12.8. The Hall–Kier alpha value is -2.79. The van der Waals surface area contributed by atoms with E-state index in [0.29, 0.717) is 11.6 Å². The molecule has 2 aromatic heterocycles. The van der Waals surface area contributed by atoms with Crippen LogP contribution in [0.25, 0.3) is 21.6 Å². The van der Waals surface area contributed by atoms with E-state index in [1.54, 1.807) is 23.5 Å². The summed E-state index contributed by atoms with van der Waals surface area (Å²) in [5.41, 5.74) is 1.66. The van der Waals surface area contributed by atoms with Gasteiger partial charge in [-0.1, -0.05) is 18.2 Å².